The zero-order chi connectivity index (χ0) is 53.3. The van der Waals surface area contributed by atoms with Crippen LogP contribution in [-0.4, -0.2) is 193 Å². The number of aliphatic hydroxyl groups excluding tert-OH is 3. The quantitative estimate of drug-likeness (QED) is 0.147. The summed E-state index contributed by atoms with van der Waals surface area (Å²) < 4.78 is 70.1. The Hall–Kier alpha value is -2.40. The molecule has 6 N–H and O–H groups in total. The Labute approximate surface area is 422 Å². The summed E-state index contributed by atoms with van der Waals surface area (Å²) in [7, 11) is 1.81. The van der Waals surface area contributed by atoms with Crippen LogP contribution < -0.4 is 5.32 Å². The maximum absolute atomic E-state index is 14.6. The highest BCUT2D eigenvalue weighted by atomic mass is 32.2. The molecule has 408 valence electrons. The summed E-state index contributed by atoms with van der Waals surface area (Å²) >= 11 is 0. The van der Waals surface area contributed by atoms with E-state index in [2.05, 4.69) is 5.32 Å². The third kappa shape index (κ3) is 13.9. The molecule has 0 radical (unpaired) electrons. The molecule has 21 atom stereocenters. The molecule has 1 aliphatic carbocycles. The average molecular weight is 1030 g/mol. The monoisotopic (exact) mass is 1030 g/mol. The second-order valence-electron chi connectivity index (χ2n) is 22.8. The molecule has 0 aromatic heterocycles. The molecule has 71 heavy (non-hydrogen) atoms. The van der Waals surface area contributed by atoms with Gasteiger partial charge in [0, 0.05) is 56.8 Å². The topological polar surface area (TPSA) is 234 Å². The van der Waals surface area contributed by atoms with E-state index < -0.39 is 130 Å². The molecular formula is C52H88FN3O14S. The summed E-state index contributed by atoms with van der Waals surface area (Å²) in [4.78, 5) is 32.1. The van der Waals surface area contributed by atoms with Crippen LogP contribution >= 0.6 is 0 Å². The van der Waals surface area contributed by atoms with Crippen molar-refractivity contribution in [3.05, 3.63) is 29.8 Å². The number of nitrogens with zero attached hydrogens (tertiary/aromatic N) is 2. The molecule has 1 aromatic rings. The molecular weight excluding hydrogens is 942 g/mol. The molecule has 0 spiro atoms. The lowest BCUT2D eigenvalue weighted by Gasteiger charge is -2.51. The van der Waals surface area contributed by atoms with Crippen LogP contribution in [-0.2, 0) is 49.5 Å². The number of rotatable bonds is 14. The fourth-order valence-corrected chi connectivity index (χ4v) is 12.7. The van der Waals surface area contributed by atoms with Gasteiger partial charge >= 0.3 is 5.97 Å². The van der Waals surface area contributed by atoms with Gasteiger partial charge in [0.2, 0.25) is 5.91 Å². The van der Waals surface area contributed by atoms with E-state index in [1.807, 2.05) is 44.7 Å². The molecule has 1 amide bonds. The number of halogens is 1. The Bertz CT molecular complexity index is 2030. The van der Waals surface area contributed by atoms with Crippen molar-refractivity contribution in [3.63, 3.8) is 0 Å². The van der Waals surface area contributed by atoms with Crippen LogP contribution in [0.2, 0.25) is 0 Å². The fraction of sp³-hybridized carbons (Fsp3) is 0.846. The van der Waals surface area contributed by atoms with Crippen molar-refractivity contribution in [2.45, 2.75) is 203 Å². The number of amides is 1. The van der Waals surface area contributed by atoms with Crippen LogP contribution in [0.25, 0.3) is 0 Å². The Morgan fingerprint density at radius 3 is 2.21 bits per heavy atom. The first-order valence-electron chi connectivity index (χ1n) is 25.7. The number of hydrogen-bond acceptors (Lipinski definition) is 16. The van der Waals surface area contributed by atoms with Crippen molar-refractivity contribution in [1.82, 2.24) is 15.1 Å². The van der Waals surface area contributed by atoms with Crippen molar-refractivity contribution >= 4 is 21.7 Å². The fourth-order valence-electron chi connectivity index (χ4n) is 12.1. The minimum Gasteiger partial charge on any atom is -0.459 e. The van der Waals surface area contributed by atoms with Gasteiger partial charge in [-0.1, -0.05) is 39.8 Å². The second-order valence-corrected chi connectivity index (χ2v) is 24.8. The molecule has 1 saturated carbocycles. The highest BCUT2D eigenvalue weighted by molar-refractivity contribution is 7.90. The van der Waals surface area contributed by atoms with Gasteiger partial charge in [0.05, 0.1) is 52.5 Å². The number of sulfone groups is 1. The largest absolute Gasteiger partial charge is 0.459 e. The maximum Gasteiger partial charge on any atom is 0.309 e. The standard InChI is InChI=1S/C52H88FN3O14S/c1-15-41-52(10,63)44(58)32(6)55(11)26-28(2)23-50(8,62)46(30(4)42(31(5)48(61)69-41)40-24-51(9,66-13)45(59)33(7)68-40)70-49-43(57)39(20-29(3)67-49)56(12)27-35-22-38(35)47(60)54-36(25-53)21-34-16-18-37(19-17-34)71(14,64)65/h16-19,28-33,35-36,38-46,49,57-59,62-63H,15,20-27H2,1-14H3,(H,54,60)/t28-,29-,30+,31-,32-,33+,35?,36+,38?,39+,40-,41-,42?,43-,44-,45+,46-,49+,50-,51-,52-/m1/s1. The van der Waals surface area contributed by atoms with Gasteiger partial charge < -0.3 is 64.3 Å². The van der Waals surface area contributed by atoms with Crippen molar-refractivity contribution in [3.8, 4) is 0 Å². The first kappa shape index (κ1) is 59.5. The smallest absolute Gasteiger partial charge is 0.309 e. The SMILES string of the molecule is CC[C@H]1OC(=O)[C@H](C)C([C@H]2C[C@@](C)(OC)[C@@H](O)[C@H](C)O2)[C@H](C)[C@@H](O[C@@H]2O[C@H](C)C[C@H](N(C)CC3CC3C(=O)N[C@H](CF)Cc3ccc(S(C)(=O)=O)cc3)[C@H]2O)[C@](C)(O)C[C@@H](C)CN(C)[C@H](C)[C@@H](O)[C@]1(C)O. The molecule has 5 rings (SSSR count). The van der Waals surface area contributed by atoms with Crippen LogP contribution in [0.5, 0.6) is 0 Å². The van der Waals surface area contributed by atoms with Gasteiger partial charge in [-0.2, -0.15) is 0 Å². The number of cyclic esters (lactones) is 1. The van der Waals surface area contributed by atoms with Crippen LogP contribution in [0.15, 0.2) is 29.2 Å². The number of nitrogens with one attached hydrogen (secondary N) is 1. The Morgan fingerprint density at radius 1 is 1.00 bits per heavy atom. The van der Waals surface area contributed by atoms with Gasteiger partial charge in [0.1, 0.15) is 36.7 Å². The summed E-state index contributed by atoms with van der Waals surface area (Å²) in [5.74, 6) is -4.04. The van der Waals surface area contributed by atoms with Gasteiger partial charge in [0.15, 0.2) is 16.1 Å². The summed E-state index contributed by atoms with van der Waals surface area (Å²) in [6.07, 6.45) is -6.07. The van der Waals surface area contributed by atoms with Crippen molar-refractivity contribution in [2.75, 3.05) is 47.2 Å². The molecule has 17 nitrogen and oxygen atoms in total. The summed E-state index contributed by atoms with van der Waals surface area (Å²) in [5.41, 5.74) is -3.87. The van der Waals surface area contributed by atoms with E-state index in [4.69, 9.17) is 23.7 Å². The van der Waals surface area contributed by atoms with Gasteiger partial charge in [0.25, 0.3) is 0 Å². The lowest BCUT2D eigenvalue weighted by atomic mass is 9.68. The normalized spacial score (nSPS) is 42.9. The Balaban J connectivity index is 1.41. The third-order valence-corrected chi connectivity index (χ3v) is 17.7. The van der Waals surface area contributed by atoms with E-state index in [9.17, 15) is 47.9 Å². The van der Waals surface area contributed by atoms with E-state index in [0.717, 1.165) is 6.26 Å². The molecule has 19 heteroatoms. The first-order chi connectivity index (χ1) is 32.9. The van der Waals surface area contributed by atoms with Gasteiger partial charge in [-0.15, -0.1) is 0 Å². The Morgan fingerprint density at radius 2 is 1.63 bits per heavy atom. The molecule has 4 aliphatic rings. The number of aliphatic hydroxyl groups is 5. The number of ether oxygens (including phenoxy) is 5. The third-order valence-electron chi connectivity index (χ3n) is 16.6. The van der Waals surface area contributed by atoms with E-state index in [1.54, 1.807) is 53.7 Å². The number of alkyl halides is 1. The molecule has 0 bridgehead atoms. The lowest BCUT2D eigenvalue weighted by molar-refractivity contribution is -0.303. The number of carbonyl (C=O) groups excluding carboxylic acids is 2. The van der Waals surface area contributed by atoms with Gasteiger partial charge in [-0.3, -0.25) is 9.59 Å². The van der Waals surface area contributed by atoms with Crippen molar-refractivity contribution in [2.24, 2.45) is 35.5 Å². The zero-order valence-electron chi connectivity index (χ0n) is 44.7. The zero-order valence-corrected chi connectivity index (χ0v) is 45.5. The number of methoxy groups -OCH3 is 1. The molecule has 3 heterocycles. The highest BCUT2D eigenvalue weighted by Crippen LogP contribution is 2.45. The number of hydrogen-bond donors (Lipinski definition) is 6. The van der Waals surface area contributed by atoms with Gasteiger partial charge in [-0.05, 0) is 123 Å². The van der Waals surface area contributed by atoms with E-state index in [0.29, 0.717) is 31.5 Å². The van der Waals surface area contributed by atoms with Crippen LogP contribution in [0.4, 0.5) is 4.39 Å². The second kappa shape index (κ2) is 23.6. The first-order valence-corrected chi connectivity index (χ1v) is 27.6. The molecule has 3 aliphatic heterocycles. The van der Waals surface area contributed by atoms with Crippen LogP contribution in [0, 0.1) is 35.5 Å². The minimum absolute atomic E-state index is 0.0702. The lowest BCUT2D eigenvalue weighted by Crippen LogP contribution is -2.62. The van der Waals surface area contributed by atoms with E-state index in [1.165, 1.54) is 26.2 Å². The summed E-state index contributed by atoms with van der Waals surface area (Å²) in [5, 5.41) is 62.9. The molecule has 3 saturated heterocycles. The van der Waals surface area contributed by atoms with Crippen LogP contribution in [0.3, 0.4) is 0 Å². The number of benzene rings is 1. The molecule has 3 unspecified atom stereocenters. The predicted molar refractivity (Wildman–Crippen MR) is 264 cm³/mol. The molecule has 1 aromatic carbocycles. The highest BCUT2D eigenvalue weighted by Gasteiger charge is 2.55. The number of esters is 1. The van der Waals surface area contributed by atoms with Crippen LogP contribution in [0.1, 0.15) is 107 Å². The number of carbonyl (C=O) groups is 2. The summed E-state index contributed by atoms with van der Waals surface area (Å²) in [6, 6.07) is 4.30. The Kier molecular flexibility index (Phi) is 19.8. The average Bonchev–Trinajstić information content (AvgIpc) is 4.07. The molecule has 4 fully saturated rings. The minimum atomic E-state index is -3.39. The maximum atomic E-state index is 14.6. The van der Waals surface area contributed by atoms with Crippen molar-refractivity contribution in [1.29, 1.82) is 0 Å². The van der Waals surface area contributed by atoms with E-state index >= 15 is 0 Å². The van der Waals surface area contributed by atoms with E-state index in [-0.39, 0.29) is 54.2 Å². The summed E-state index contributed by atoms with van der Waals surface area (Å²) in [6.45, 7) is 17.7. The number of likely N-dealkylation sites (N-methyl/N-ethyl adjacent to an activating group) is 2. The predicted octanol–water partition coefficient (Wildman–Crippen LogP) is 3.28. The van der Waals surface area contributed by atoms with Gasteiger partial charge in [-0.25, -0.2) is 12.8 Å². The van der Waals surface area contributed by atoms with Crippen molar-refractivity contribution < 1.29 is 71.6 Å².